The van der Waals surface area contributed by atoms with E-state index in [-0.39, 0.29) is 11.3 Å². The first-order valence-electron chi connectivity index (χ1n) is 6.36. The molecule has 0 amide bonds. The molecule has 0 spiro atoms. The molecule has 1 unspecified atom stereocenters. The Balaban J connectivity index is 2.27. The number of benzene rings is 2. The number of nitrogen functional groups attached to an aromatic ring is 1. The fourth-order valence-corrected chi connectivity index (χ4v) is 3.08. The monoisotopic (exact) mass is 311 g/mol. The maximum atomic E-state index is 13.6. The predicted molar refractivity (Wildman–Crippen MR) is 78.5 cm³/mol. The molecule has 0 aromatic heterocycles. The zero-order chi connectivity index (χ0) is 15.4. The Labute approximate surface area is 124 Å². The van der Waals surface area contributed by atoms with Crippen molar-refractivity contribution in [2.45, 2.75) is 17.6 Å². The molecule has 2 rings (SSSR count). The number of ether oxygens (including phenoxy) is 1. The number of hydrogen-bond donors (Lipinski definition) is 1. The average molecular weight is 311 g/mol. The van der Waals surface area contributed by atoms with Gasteiger partial charge < -0.3 is 10.5 Å². The lowest BCUT2D eigenvalue weighted by molar-refractivity contribution is 0.339. The van der Waals surface area contributed by atoms with Crippen LogP contribution in [0.15, 0.2) is 41.3 Å². The third-order valence-electron chi connectivity index (χ3n) is 2.84. The van der Waals surface area contributed by atoms with Gasteiger partial charge in [0.2, 0.25) is 0 Å². The highest BCUT2D eigenvalue weighted by Crippen LogP contribution is 2.25. The fraction of sp³-hybridized carbons (Fsp3) is 0.200. The van der Waals surface area contributed by atoms with Crippen LogP contribution in [0.3, 0.4) is 0 Å². The lowest BCUT2D eigenvalue weighted by Gasteiger charge is -2.10. The van der Waals surface area contributed by atoms with E-state index in [1.54, 1.807) is 18.2 Å². The molecule has 0 fully saturated rings. The van der Waals surface area contributed by atoms with Gasteiger partial charge in [0, 0.05) is 11.3 Å². The highest BCUT2D eigenvalue weighted by atomic mass is 32.2. The molecule has 0 heterocycles. The van der Waals surface area contributed by atoms with Gasteiger partial charge in [-0.05, 0) is 43.3 Å². The van der Waals surface area contributed by atoms with Gasteiger partial charge in [0.05, 0.1) is 28.1 Å². The Morgan fingerprint density at radius 1 is 1.19 bits per heavy atom. The number of nitrogens with two attached hydrogens (primary N) is 1. The van der Waals surface area contributed by atoms with E-state index in [0.717, 1.165) is 18.2 Å². The summed E-state index contributed by atoms with van der Waals surface area (Å²) in [5.74, 6) is -0.776. The SMILES string of the molecule is CCOc1ccc(N)c(S(=O)Cc2cc(F)ccc2F)c1. The normalized spacial score (nSPS) is 12.1. The van der Waals surface area contributed by atoms with Gasteiger partial charge in [-0.1, -0.05) is 0 Å². The quantitative estimate of drug-likeness (QED) is 0.862. The molecule has 21 heavy (non-hydrogen) atoms. The Kier molecular flexibility index (Phi) is 4.90. The van der Waals surface area contributed by atoms with E-state index in [9.17, 15) is 13.0 Å². The smallest absolute Gasteiger partial charge is 0.127 e. The summed E-state index contributed by atoms with van der Waals surface area (Å²) in [6.07, 6.45) is 0. The van der Waals surface area contributed by atoms with E-state index in [0.29, 0.717) is 22.9 Å². The van der Waals surface area contributed by atoms with Gasteiger partial charge in [0.15, 0.2) is 0 Å². The van der Waals surface area contributed by atoms with Gasteiger partial charge in [0.25, 0.3) is 0 Å². The lowest BCUT2D eigenvalue weighted by Crippen LogP contribution is -2.04. The molecular weight excluding hydrogens is 296 g/mol. The predicted octanol–water partition coefficient (Wildman–Crippen LogP) is 3.25. The second-order valence-electron chi connectivity index (χ2n) is 4.36. The van der Waals surface area contributed by atoms with E-state index < -0.39 is 22.4 Å². The third-order valence-corrected chi connectivity index (χ3v) is 4.25. The van der Waals surface area contributed by atoms with Crippen molar-refractivity contribution in [3.05, 3.63) is 53.6 Å². The molecule has 2 aromatic rings. The second-order valence-corrected chi connectivity index (χ2v) is 5.78. The summed E-state index contributed by atoms with van der Waals surface area (Å²) in [7, 11) is -1.59. The highest BCUT2D eigenvalue weighted by Gasteiger charge is 2.13. The van der Waals surface area contributed by atoms with E-state index in [4.69, 9.17) is 10.5 Å². The van der Waals surface area contributed by atoms with Crippen LogP contribution in [0.25, 0.3) is 0 Å². The molecule has 3 nitrogen and oxygen atoms in total. The topological polar surface area (TPSA) is 52.3 Å². The number of halogens is 2. The minimum absolute atomic E-state index is 0.0505. The molecule has 2 aromatic carbocycles. The largest absolute Gasteiger partial charge is 0.494 e. The zero-order valence-corrected chi connectivity index (χ0v) is 12.3. The molecule has 2 N–H and O–H groups in total. The molecule has 1 atom stereocenters. The molecule has 0 aliphatic heterocycles. The summed E-state index contributed by atoms with van der Waals surface area (Å²) in [5.41, 5.74) is 6.17. The van der Waals surface area contributed by atoms with Crippen molar-refractivity contribution in [1.82, 2.24) is 0 Å². The Bertz CT molecular complexity index is 677. The van der Waals surface area contributed by atoms with Crippen molar-refractivity contribution in [1.29, 1.82) is 0 Å². The van der Waals surface area contributed by atoms with Gasteiger partial charge >= 0.3 is 0 Å². The summed E-state index contributed by atoms with van der Waals surface area (Å²) in [6.45, 7) is 2.30. The highest BCUT2D eigenvalue weighted by molar-refractivity contribution is 7.84. The van der Waals surface area contributed by atoms with Crippen LogP contribution in [-0.2, 0) is 16.6 Å². The summed E-state index contributed by atoms with van der Waals surface area (Å²) in [6, 6.07) is 7.89. The number of rotatable bonds is 5. The molecule has 0 aliphatic carbocycles. The van der Waals surface area contributed by atoms with Crippen LogP contribution < -0.4 is 10.5 Å². The second kappa shape index (κ2) is 6.67. The molecule has 0 saturated heterocycles. The maximum absolute atomic E-state index is 13.6. The Hall–Kier alpha value is -1.95. The fourth-order valence-electron chi connectivity index (χ4n) is 1.84. The van der Waals surface area contributed by atoms with Crippen molar-refractivity contribution in [3.8, 4) is 5.75 Å². The standard InChI is InChI=1S/C15H15F2NO2S/c1-2-20-12-4-6-14(18)15(8-12)21(19)9-10-7-11(16)3-5-13(10)17/h3-8H,2,9,18H2,1H3. The van der Waals surface area contributed by atoms with E-state index in [1.807, 2.05) is 6.92 Å². The lowest BCUT2D eigenvalue weighted by atomic mass is 10.2. The van der Waals surface area contributed by atoms with Crippen LogP contribution >= 0.6 is 0 Å². The summed E-state index contributed by atoms with van der Waals surface area (Å²) in [4.78, 5) is 0.351. The maximum Gasteiger partial charge on any atom is 0.127 e. The van der Waals surface area contributed by atoms with E-state index in [2.05, 4.69) is 0 Å². The number of hydrogen-bond acceptors (Lipinski definition) is 3. The van der Waals surface area contributed by atoms with Gasteiger partial charge in [0.1, 0.15) is 17.4 Å². The van der Waals surface area contributed by atoms with E-state index in [1.165, 1.54) is 0 Å². The van der Waals surface area contributed by atoms with Crippen LogP contribution in [0.1, 0.15) is 12.5 Å². The van der Waals surface area contributed by atoms with Gasteiger partial charge in [-0.2, -0.15) is 0 Å². The van der Waals surface area contributed by atoms with Crippen LogP contribution in [0, 0.1) is 11.6 Å². The van der Waals surface area contributed by atoms with E-state index >= 15 is 0 Å². The van der Waals surface area contributed by atoms with Crippen LogP contribution in [0.2, 0.25) is 0 Å². The summed E-state index contributed by atoms with van der Waals surface area (Å²) >= 11 is 0. The minimum atomic E-state index is -1.59. The van der Waals surface area contributed by atoms with Crippen molar-refractivity contribution in [3.63, 3.8) is 0 Å². The first-order chi connectivity index (χ1) is 10.0. The zero-order valence-electron chi connectivity index (χ0n) is 11.4. The Morgan fingerprint density at radius 3 is 2.67 bits per heavy atom. The molecule has 0 aliphatic rings. The first kappa shape index (κ1) is 15.4. The van der Waals surface area contributed by atoms with Crippen molar-refractivity contribution in [2.75, 3.05) is 12.3 Å². The Morgan fingerprint density at radius 2 is 1.95 bits per heavy atom. The van der Waals surface area contributed by atoms with Gasteiger partial charge in [-0.3, -0.25) is 4.21 Å². The molecule has 112 valence electrons. The van der Waals surface area contributed by atoms with Crippen LogP contribution in [0.5, 0.6) is 5.75 Å². The molecule has 6 heteroatoms. The third kappa shape index (κ3) is 3.78. The van der Waals surface area contributed by atoms with Gasteiger partial charge in [-0.25, -0.2) is 8.78 Å². The molecule has 0 radical (unpaired) electrons. The van der Waals surface area contributed by atoms with Crippen LogP contribution in [-0.4, -0.2) is 10.8 Å². The summed E-state index contributed by atoms with van der Waals surface area (Å²) in [5, 5.41) is 0. The molecular formula is C15H15F2NO2S. The minimum Gasteiger partial charge on any atom is -0.494 e. The molecule has 0 bridgehead atoms. The van der Waals surface area contributed by atoms with Crippen molar-refractivity contribution >= 4 is 16.5 Å². The van der Waals surface area contributed by atoms with Crippen molar-refractivity contribution < 1.29 is 17.7 Å². The van der Waals surface area contributed by atoms with Crippen molar-refractivity contribution in [2.24, 2.45) is 0 Å². The van der Waals surface area contributed by atoms with Crippen LogP contribution in [0.4, 0.5) is 14.5 Å². The summed E-state index contributed by atoms with van der Waals surface area (Å²) < 4.78 is 44.4. The average Bonchev–Trinajstić information content (AvgIpc) is 2.45. The number of anilines is 1. The van der Waals surface area contributed by atoms with Gasteiger partial charge in [-0.15, -0.1) is 0 Å². The first-order valence-corrected chi connectivity index (χ1v) is 7.67. The molecule has 0 saturated carbocycles.